The third-order valence-corrected chi connectivity index (χ3v) is 3.40. The summed E-state index contributed by atoms with van der Waals surface area (Å²) in [6.45, 7) is 2.76. The average molecular weight is 270 g/mol. The van der Waals surface area contributed by atoms with Gasteiger partial charge in [-0.3, -0.25) is 0 Å². The van der Waals surface area contributed by atoms with Crippen molar-refractivity contribution in [1.29, 1.82) is 0 Å². The zero-order valence-corrected chi connectivity index (χ0v) is 11.2. The van der Waals surface area contributed by atoms with Crippen molar-refractivity contribution in [2.45, 2.75) is 19.9 Å². The van der Waals surface area contributed by atoms with Crippen molar-refractivity contribution in [1.82, 2.24) is 9.55 Å². The number of fused-ring (bicyclic) bond motifs is 1. The highest BCUT2D eigenvalue weighted by atomic mass is 19.1. The van der Waals surface area contributed by atoms with Crippen molar-refractivity contribution in [3.05, 3.63) is 59.7 Å². The zero-order valence-electron chi connectivity index (χ0n) is 11.2. The van der Waals surface area contributed by atoms with Gasteiger partial charge in [-0.1, -0.05) is 12.1 Å². The second-order valence-electron chi connectivity index (χ2n) is 4.75. The average Bonchev–Trinajstić information content (AvgIpc) is 2.78. The van der Waals surface area contributed by atoms with Crippen molar-refractivity contribution >= 4 is 11.0 Å². The highest BCUT2D eigenvalue weighted by Gasteiger charge is 2.10. The summed E-state index contributed by atoms with van der Waals surface area (Å²) in [7, 11) is 0. The lowest BCUT2D eigenvalue weighted by molar-refractivity contribution is 0.475. The molecule has 0 fully saturated rings. The maximum atomic E-state index is 13.4. The van der Waals surface area contributed by atoms with E-state index in [0.717, 1.165) is 29.0 Å². The van der Waals surface area contributed by atoms with E-state index in [1.54, 1.807) is 18.2 Å². The Balaban J connectivity index is 2.04. The lowest BCUT2D eigenvalue weighted by atomic mass is 10.1. The largest absolute Gasteiger partial charge is 0.508 e. The van der Waals surface area contributed by atoms with E-state index in [9.17, 15) is 9.50 Å². The number of hydrogen-bond donors (Lipinski definition) is 1. The first-order valence-corrected chi connectivity index (χ1v) is 6.60. The molecular weight excluding hydrogens is 255 g/mol. The number of rotatable bonds is 3. The summed E-state index contributed by atoms with van der Waals surface area (Å²) in [5.74, 6) is 0.905. The molecule has 0 saturated carbocycles. The molecule has 0 radical (unpaired) electrons. The second kappa shape index (κ2) is 4.96. The molecule has 3 aromatic rings. The fourth-order valence-corrected chi connectivity index (χ4v) is 2.43. The first-order chi connectivity index (χ1) is 9.67. The summed E-state index contributed by atoms with van der Waals surface area (Å²) >= 11 is 0. The number of hydrogen-bond acceptors (Lipinski definition) is 2. The van der Waals surface area contributed by atoms with Crippen LogP contribution in [-0.2, 0) is 13.0 Å². The number of aromatic hydroxyl groups is 1. The standard InChI is InChI=1S/C16H15FN2O/c1-2-19-15-10-12(17)5-8-14(15)18-16(19)9-11-3-6-13(20)7-4-11/h3-8,10,20H,2,9H2,1H3. The highest BCUT2D eigenvalue weighted by molar-refractivity contribution is 5.76. The van der Waals surface area contributed by atoms with Crippen LogP contribution in [-0.4, -0.2) is 14.7 Å². The Bertz CT molecular complexity index is 747. The van der Waals surface area contributed by atoms with E-state index in [0.29, 0.717) is 6.42 Å². The van der Waals surface area contributed by atoms with Gasteiger partial charge in [-0.2, -0.15) is 0 Å². The lowest BCUT2D eigenvalue weighted by Crippen LogP contribution is -2.02. The van der Waals surface area contributed by atoms with Gasteiger partial charge in [0.1, 0.15) is 17.4 Å². The van der Waals surface area contributed by atoms with E-state index in [1.807, 2.05) is 23.6 Å². The number of imidazole rings is 1. The van der Waals surface area contributed by atoms with Gasteiger partial charge in [-0.05, 0) is 42.8 Å². The van der Waals surface area contributed by atoms with E-state index in [2.05, 4.69) is 4.98 Å². The maximum Gasteiger partial charge on any atom is 0.125 e. The van der Waals surface area contributed by atoms with Crippen molar-refractivity contribution in [3.8, 4) is 5.75 Å². The molecule has 0 bridgehead atoms. The molecule has 0 unspecified atom stereocenters. The molecule has 2 aromatic carbocycles. The third-order valence-electron chi connectivity index (χ3n) is 3.40. The molecule has 1 aromatic heterocycles. The number of aryl methyl sites for hydroxylation is 1. The Labute approximate surface area is 116 Å². The van der Waals surface area contributed by atoms with Gasteiger partial charge in [-0.15, -0.1) is 0 Å². The number of phenols is 1. The Morgan fingerprint density at radius 2 is 1.90 bits per heavy atom. The van der Waals surface area contributed by atoms with Crippen LogP contribution in [0.15, 0.2) is 42.5 Å². The van der Waals surface area contributed by atoms with E-state index in [1.165, 1.54) is 12.1 Å². The van der Waals surface area contributed by atoms with Gasteiger partial charge < -0.3 is 9.67 Å². The highest BCUT2D eigenvalue weighted by Crippen LogP contribution is 2.20. The molecule has 0 aliphatic carbocycles. The van der Waals surface area contributed by atoms with Crippen LogP contribution in [0.1, 0.15) is 18.3 Å². The molecule has 0 aliphatic rings. The first-order valence-electron chi connectivity index (χ1n) is 6.60. The van der Waals surface area contributed by atoms with Crippen LogP contribution in [0, 0.1) is 5.82 Å². The van der Waals surface area contributed by atoms with Crippen LogP contribution < -0.4 is 0 Å². The van der Waals surface area contributed by atoms with E-state index in [-0.39, 0.29) is 11.6 Å². The van der Waals surface area contributed by atoms with Gasteiger partial charge in [0.25, 0.3) is 0 Å². The molecule has 0 aliphatic heterocycles. The molecular formula is C16H15FN2O. The molecule has 0 spiro atoms. The Morgan fingerprint density at radius 3 is 2.60 bits per heavy atom. The van der Waals surface area contributed by atoms with Gasteiger partial charge in [0, 0.05) is 13.0 Å². The Morgan fingerprint density at radius 1 is 1.15 bits per heavy atom. The van der Waals surface area contributed by atoms with E-state index in [4.69, 9.17) is 0 Å². The zero-order chi connectivity index (χ0) is 14.1. The van der Waals surface area contributed by atoms with Crippen molar-refractivity contribution < 1.29 is 9.50 Å². The fourth-order valence-electron chi connectivity index (χ4n) is 2.43. The summed E-state index contributed by atoms with van der Waals surface area (Å²) in [6, 6.07) is 11.7. The van der Waals surface area contributed by atoms with Crippen LogP contribution in [0.3, 0.4) is 0 Å². The second-order valence-corrected chi connectivity index (χ2v) is 4.75. The Kier molecular flexibility index (Phi) is 3.14. The molecule has 0 amide bonds. The quantitative estimate of drug-likeness (QED) is 0.791. The minimum absolute atomic E-state index is 0.247. The first kappa shape index (κ1) is 12.7. The van der Waals surface area contributed by atoms with Crippen molar-refractivity contribution in [2.24, 2.45) is 0 Å². The molecule has 0 atom stereocenters. The molecule has 0 saturated heterocycles. The molecule has 3 rings (SSSR count). The smallest absolute Gasteiger partial charge is 0.125 e. The monoisotopic (exact) mass is 270 g/mol. The molecule has 1 N–H and O–H groups in total. The molecule has 102 valence electrons. The van der Waals surface area contributed by atoms with Crippen LogP contribution in [0.5, 0.6) is 5.75 Å². The predicted molar refractivity (Wildman–Crippen MR) is 76.3 cm³/mol. The van der Waals surface area contributed by atoms with E-state index < -0.39 is 0 Å². The third kappa shape index (κ3) is 2.25. The number of benzene rings is 2. The van der Waals surface area contributed by atoms with Gasteiger partial charge in [0.2, 0.25) is 0 Å². The number of halogens is 1. The summed E-state index contributed by atoms with van der Waals surface area (Å²) in [5.41, 5.74) is 2.69. The molecule has 1 heterocycles. The number of phenolic OH excluding ortho intramolecular Hbond substituents is 1. The normalized spacial score (nSPS) is 11.1. The van der Waals surface area contributed by atoms with Gasteiger partial charge in [0.15, 0.2) is 0 Å². The van der Waals surface area contributed by atoms with Crippen molar-refractivity contribution in [3.63, 3.8) is 0 Å². The summed E-state index contributed by atoms with van der Waals surface area (Å²) in [5, 5.41) is 9.31. The summed E-state index contributed by atoms with van der Waals surface area (Å²) < 4.78 is 15.4. The lowest BCUT2D eigenvalue weighted by Gasteiger charge is -2.06. The minimum Gasteiger partial charge on any atom is -0.508 e. The molecule has 20 heavy (non-hydrogen) atoms. The summed E-state index contributed by atoms with van der Waals surface area (Å²) in [4.78, 5) is 4.58. The van der Waals surface area contributed by atoms with Crippen LogP contribution in [0.4, 0.5) is 4.39 Å². The molecule has 3 nitrogen and oxygen atoms in total. The van der Waals surface area contributed by atoms with E-state index >= 15 is 0 Å². The van der Waals surface area contributed by atoms with Crippen LogP contribution >= 0.6 is 0 Å². The summed E-state index contributed by atoms with van der Waals surface area (Å²) in [6.07, 6.45) is 0.657. The van der Waals surface area contributed by atoms with Gasteiger partial charge in [0.05, 0.1) is 11.0 Å². The Hall–Kier alpha value is -2.36. The van der Waals surface area contributed by atoms with Gasteiger partial charge in [-0.25, -0.2) is 9.37 Å². The SMILES string of the molecule is CCn1c(Cc2ccc(O)cc2)nc2ccc(F)cc21. The predicted octanol–water partition coefficient (Wildman–Crippen LogP) is 3.49. The maximum absolute atomic E-state index is 13.4. The topological polar surface area (TPSA) is 38.0 Å². The fraction of sp³-hybridized carbons (Fsp3) is 0.188. The van der Waals surface area contributed by atoms with Crippen molar-refractivity contribution in [2.75, 3.05) is 0 Å². The van der Waals surface area contributed by atoms with Crippen LogP contribution in [0.25, 0.3) is 11.0 Å². The van der Waals surface area contributed by atoms with Gasteiger partial charge >= 0.3 is 0 Å². The number of aromatic nitrogens is 2. The molecule has 4 heteroatoms. The minimum atomic E-state index is -0.247. The number of nitrogens with zero attached hydrogens (tertiary/aromatic N) is 2. The van der Waals surface area contributed by atoms with Crippen LogP contribution in [0.2, 0.25) is 0 Å².